The molecule has 5 rings (SSSR count). The van der Waals surface area contributed by atoms with Gasteiger partial charge in [-0.05, 0) is 41.7 Å². The summed E-state index contributed by atoms with van der Waals surface area (Å²) in [7, 11) is 1.63. The van der Waals surface area contributed by atoms with Crippen molar-refractivity contribution in [3.8, 4) is 5.75 Å². The zero-order valence-electron chi connectivity index (χ0n) is 17.7. The number of ether oxygens (including phenoxy) is 1. The van der Waals surface area contributed by atoms with Crippen LogP contribution in [0.2, 0.25) is 0 Å². The highest BCUT2D eigenvalue weighted by atomic mass is 16.5. The van der Waals surface area contributed by atoms with Crippen molar-refractivity contribution in [2.75, 3.05) is 12.4 Å². The second kappa shape index (κ2) is 7.27. The lowest BCUT2D eigenvalue weighted by Crippen LogP contribution is -2.41. The first-order valence-corrected chi connectivity index (χ1v) is 10.3. The second-order valence-electron chi connectivity index (χ2n) is 8.72. The first-order valence-electron chi connectivity index (χ1n) is 10.3. The predicted octanol–water partition coefficient (Wildman–Crippen LogP) is 4.59. The minimum absolute atomic E-state index is 0.118. The Morgan fingerprint density at radius 3 is 2.65 bits per heavy atom. The molecule has 3 aromatic rings. The molecule has 0 unspecified atom stereocenters. The third-order valence-corrected chi connectivity index (χ3v) is 5.67. The van der Waals surface area contributed by atoms with E-state index in [0.717, 1.165) is 34.5 Å². The number of fused-ring (bicyclic) bond motifs is 1. The number of carbonyl (C=O) groups is 1. The van der Waals surface area contributed by atoms with Gasteiger partial charge in [-0.15, -0.1) is 0 Å². The molecule has 2 aromatic carbocycles. The number of para-hydroxylation sites is 2. The van der Waals surface area contributed by atoms with Crippen LogP contribution >= 0.6 is 0 Å². The largest absolute Gasteiger partial charge is 0.497 e. The Labute approximate surface area is 180 Å². The second-order valence-corrected chi connectivity index (χ2v) is 8.72. The molecule has 0 bridgehead atoms. The molecule has 1 atom stereocenters. The number of hydrogen-bond acceptors (Lipinski definition) is 7. The Kier molecular flexibility index (Phi) is 4.54. The van der Waals surface area contributed by atoms with Crippen LogP contribution in [-0.2, 0) is 4.79 Å². The zero-order valence-corrected chi connectivity index (χ0v) is 17.7. The van der Waals surface area contributed by atoms with Gasteiger partial charge in [0.05, 0.1) is 7.11 Å². The first kappa shape index (κ1) is 19.4. The van der Waals surface area contributed by atoms with E-state index in [2.05, 4.69) is 29.5 Å². The Hall–Kier alpha value is -3.61. The van der Waals surface area contributed by atoms with E-state index in [1.165, 1.54) is 0 Å². The summed E-state index contributed by atoms with van der Waals surface area (Å²) in [5, 5.41) is 6.49. The van der Waals surface area contributed by atoms with Crippen LogP contribution in [0.3, 0.4) is 0 Å². The summed E-state index contributed by atoms with van der Waals surface area (Å²) in [5.74, 6) is 1.40. The van der Waals surface area contributed by atoms with E-state index in [1.54, 1.807) is 7.11 Å². The summed E-state index contributed by atoms with van der Waals surface area (Å²) < 4.78 is 11.1. The molecule has 2 heterocycles. The average Bonchev–Trinajstić information content (AvgIpc) is 3.14. The van der Waals surface area contributed by atoms with Gasteiger partial charge in [-0.25, -0.2) is 4.99 Å². The number of hydrogen-bond donors (Lipinski definition) is 2. The minimum Gasteiger partial charge on any atom is -0.497 e. The van der Waals surface area contributed by atoms with Crippen LogP contribution in [-0.4, -0.2) is 23.8 Å². The maximum Gasteiger partial charge on any atom is 0.302 e. The Morgan fingerprint density at radius 2 is 1.90 bits per heavy atom. The molecule has 2 N–H and O–H groups in total. The number of aliphatic imine (C=N–C) groups is 1. The Balaban J connectivity index is 1.53. The number of methoxy groups -OCH3 is 1. The third kappa shape index (κ3) is 3.67. The molecule has 0 spiro atoms. The number of aromatic nitrogens is 1. The molecule has 7 heteroatoms. The molecule has 0 amide bonds. The van der Waals surface area contributed by atoms with Crippen molar-refractivity contribution in [2.45, 2.75) is 32.7 Å². The molecule has 158 valence electrons. The molecule has 0 saturated heterocycles. The lowest BCUT2D eigenvalue weighted by atomic mass is 9.73. The summed E-state index contributed by atoms with van der Waals surface area (Å²) in [5.41, 5.74) is 3.90. The molecular formula is C24H24N4O3. The molecule has 31 heavy (non-hydrogen) atoms. The van der Waals surface area contributed by atoms with Crippen molar-refractivity contribution in [1.82, 2.24) is 10.3 Å². The van der Waals surface area contributed by atoms with E-state index in [1.807, 2.05) is 48.5 Å². The fourth-order valence-corrected chi connectivity index (χ4v) is 4.25. The fourth-order valence-electron chi connectivity index (χ4n) is 4.25. The molecule has 1 aliphatic carbocycles. The maximum absolute atomic E-state index is 13.1. The number of allylic oxidation sites excluding steroid dienone is 1. The van der Waals surface area contributed by atoms with Gasteiger partial charge in [0.15, 0.2) is 11.4 Å². The SMILES string of the molecule is COc1ccc([C@@H]2N=C(Nc3nc4ccccc4o3)NC3=C2C(=O)CC(C)(C)C3)cc1. The summed E-state index contributed by atoms with van der Waals surface area (Å²) in [4.78, 5) is 22.4. The Morgan fingerprint density at radius 1 is 1.13 bits per heavy atom. The molecule has 1 aromatic heterocycles. The van der Waals surface area contributed by atoms with E-state index >= 15 is 0 Å². The van der Waals surface area contributed by atoms with Gasteiger partial charge in [-0.1, -0.05) is 38.1 Å². The predicted molar refractivity (Wildman–Crippen MR) is 119 cm³/mol. The highest BCUT2D eigenvalue weighted by Crippen LogP contribution is 2.43. The van der Waals surface area contributed by atoms with Gasteiger partial charge in [-0.2, -0.15) is 4.98 Å². The molecule has 0 radical (unpaired) electrons. The van der Waals surface area contributed by atoms with Crippen LogP contribution in [0, 0.1) is 5.41 Å². The number of Topliss-reactive ketones (excluding diaryl/α,β-unsaturated/α-hetero) is 1. The number of oxazole rings is 1. The number of rotatable bonds is 3. The number of benzene rings is 2. The van der Waals surface area contributed by atoms with Crippen molar-refractivity contribution in [2.24, 2.45) is 10.4 Å². The number of guanidine groups is 1. The maximum atomic E-state index is 13.1. The quantitative estimate of drug-likeness (QED) is 0.649. The van der Waals surface area contributed by atoms with Crippen LogP contribution < -0.4 is 15.4 Å². The summed E-state index contributed by atoms with van der Waals surface area (Å²) >= 11 is 0. The zero-order chi connectivity index (χ0) is 21.6. The normalized spacial score (nSPS) is 20.2. The minimum atomic E-state index is -0.405. The van der Waals surface area contributed by atoms with Crippen molar-refractivity contribution in [3.63, 3.8) is 0 Å². The number of nitrogens with zero attached hydrogens (tertiary/aromatic N) is 2. The van der Waals surface area contributed by atoms with Crippen molar-refractivity contribution in [3.05, 3.63) is 65.4 Å². The van der Waals surface area contributed by atoms with E-state index in [-0.39, 0.29) is 11.2 Å². The highest BCUT2D eigenvalue weighted by Gasteiger charge is 2.39. The fraction of sp³-hybridized carbons (Fsp3) is 0.292. The van der Waals surface area contributed by atoms with Gasteiger partial charge >= 0.3 is 6.01 Å². The summed E-state index contributed by atoms with van der Waals surface area (Å²) in [6.45, 7) is 4.22. The molecular weight excluding hydrogens is 392 g/mol. The number of nitrogens with one attached hydrogen (secondary N) is 2. The van der Waals surface area contributed by atoms with Gasteiger partial charge in [0, 0.05) is 17.7 Å². The van der Waals surface area contributed by atoms with Crippen molar-refractivity contribution < 1.29 is 13.9 Å². The molecule has 7 nitrogen and oxygen atoms in total. The molecule has 0 saturated carbocycles. The number of ketones is 1. The van der Waals surface area contributed by atoms with E-state index in [0.29, 0.717) is 24.0 Å². The van der Waals surface area contributed by atoms with E-state index in [9.17, 15) is 4.79 Å². The molecule has 0 fully saturated rings. The molecule has 2 aliphatic rings. The van der Waals surface area contributed by atoms with Crippen LogP contribution in [0.4, 0.5) is 6.01 Å². The lowest BCUT2D eigenvalue weighted by Gasteiger charge is -2.37. The van der Waals surface area contributed by atoms with Gasteiger partial charge in [0.2, 0.25) is 5.96 Å². The van der Waals surface area contributed by atoms with Gasteiger partial charge < -0.3 is 14.5 Å². The van der Waals surface area contributed by atoms with Gasteiger partial charge in [0.1, 0.15) is 17.3 Å². The van der Waals surface area contributed by atoms with E-state index in [4.69, 9.17) is 14.1 Å². The molecule has 1 aliphatic heterocycles. The topological polar surface area (TPSA) is 88.8 Å². The lowest BCUT2D eigenvalue weighted by molar-refractivity contribution is -0.118. The number of anilines is 1. The summed E-state index contributed by atoms with van der Waals surface area (Å²) in [6.07, 6.45) is 1.26. The first-order chi connectivity index (χ1) is 14.9. The van der Waals surface area contributed by atoms with Gasteiger partial charge in [0.25, 0.3) is 0 Å². The average molecular weight is 416 g/mol. The monoisotopic (exact) mass is 416 g/mol. The third-order valence-electron chi connectivity index (χ3n) is 5.67. The van der Waals surface area contributed by atoms with Crippen LogP contribution in [0.25, 0.3) is 11.1 Å². The smallest absolute Gasteiger partial charge is 0.302 e. The summed E-state index contributed by atoms with van der Waals surface area (Å²) in [6, 6.07) is 15.2. The van der Waals surface area contributed by atoms with Crippen molar-refractivity contribution >= 4 is 28.9 Å². The van der Waals surface area contributed by atoms with Crippen molar-refractivity contribution in [1.29, 1.82) is 0 Å². The number of carbonyl (C=O) groups excluding carboxylic acids is 1. The highest BCUT2D eigenvalue weighted by molar-refractivity contribution is 6.03. The van der Waals surface area contributed by atoms with Crippen LogP contribution in [0.15, 0.2) is 69.2 Å². The van der Waals surface area contributed by atoms with Crippen LogP contribution in [0.1, 0.15) is 38.3 Å². The van der Waals surface area contributed by atoms with Crippen LogP contribution in [0.5, 0.6) is 5.75 Å². The standard InChI is InChI=1S/C24H24N4O3/c1-24(2)12-17-20(18(29)13-24)21(14-8-10-15(30-3)11-9-14)27-22(25-17)28-23-26-16-6-4-5-7-19(16)31-23/h4-11,21H,12-13H2,1-3H3,(H2,25,26,27,28)/t21-/m0/s1. The van der Waals surface area contributed by atoms with E-state index < -0.39 is 6.04 Å². The Bertz CT molecular complexity index is 1190. The van der Waals surface area contributed by atoms with Gasteiger partial charge in [-0.3, -0.25) is 10.1 Å².